The Balaban J connectivity index is 1.00. The monoisotopic (exact) mass is 683 g/mol. The van der Waals surface area contributed by atoms with Crippen LogP contribution in [0.2, 0.25) is 0 Å². The van der Waals surface area contributed by atoms with Gasteiger partial charge in [0.25, 0.3) is 0 Å². The fraction of sp³-hybridized carbons (Fsp3) is 0. The van der Waals surface area contributed by atoms with Gasteiger partial charge < -0.3 is 4.42 Å². The maximum absolute atomic E-state index is 6.29. The molecule has 0 atom stereocenters. The van der Waals surface area contributed by atoms with E-state index in [-0.39, 0.29) is 0 Å². The van der Waals surface area contributed by atoms with E-state index in [1.54, 1.807) is 11.3 Å². The minimum Gasteiger partial charge on any atom is -0.438 e. The SMILES string of the molecule is c1ccc(-c2nc(-c3cccc(-c4cccc(-c5cccc(-c6cccc(-c7nc8ccccc8s7)c6)c5)c4)c3)nc3oc4ccccc4c23)cc1. The zero-order chi connectivity index (χ0) is 34.4. The number of thiazole rings is 1. The highest BCUT2D eigenvalue weighted by Gasteiger charge is 2.18. The van der Waals surface area contributed by atoms with Crippen molar-refractivity contribution in [2.24, 2.45) is 0 Å². The number of hydrogen-bond acceptors (Lipinski definition) is 5. The molecule has 5 heteroatoms. The molecule has 0 fully saturated rings. The number of benzene rings is 7. The van der Waals surface area contributed by atoms with Crippen LogP contribution in [0.15, 0.2) is 180 Å². The van der Waals surface area contributed by atoms with E-state index in [1.165, 1.54) is 15.8 Å². The van der Waals surface area contributed by atoms with Crippen molar-refractivity contribution in [3.8, 4) is 66.6 Å². The molecular formula is C47H29N3OS. The highest BCUT2D eigenvalue weighted by atomic mass is 32.1. The molecule has 0 aliphatic carbocycles. The lowest BCUT2D eigenvalue weighted by atomic mass is 9.95. The second-order valence-electron chi connectivity index (χ2n) is 12.9. The second kappa shape index (κ2) is 12.6. The molecule has 10 aromatic rings. The van der Waals surface area contributed by atoms with Gasteiger partial charge in [0.05, 0.1) is 21.3 Å². The van der Waals surface area contributed by atoms with Gasteiger partial charge in [0.1, 0.15) is 10.6 Å². The van der Waals surface area contributed by atoms with Crippen LogP contribution in [0.3, 0.4) is 0 Å². The smallest absolute Gasteiger partial charge is 0.231 e. The third-order valence-corrected chi connectivity index (χ3v) is 10.6. The van der Waals surface area contributed by atoms with Crippen LogP contribution in [0.25, 0.3) is 98.9 Å². The number of para-hydroxylation sites is 2. The van der Waals surface area contributed by atoms with Crippen LogP contribution in [-0.4, -0.2) is 15.0 Å². The Bertz CT molecular complexity index is 2890. The molecule has 4 nitrogen and oxygen atoms in total. The first-order valence-corrected chi connectivity index (χ1v) is 18.1. The highest BCUT2D eigenvalue weighted by Crippen LogP contribution is 2.38. The molecule has 244 valence electrons. The van der Waals surface area contributed by atoms with E-state index < -0.39 is 0 Å². The average Bonchev–Trinajstić information content (AvgIpc) is 3.83. The zero-order valence-electron chi connectivity index (χ0n) is 27.9. The summed E-state index contributed by atoms with van der Waals surface area (Å²) in [5, 5.41) is 2.98. The van der Waals surface area contributed by atoms with Crippen LogP contribution in [-0.2, 0) is 0 Å². The fourth-order valence-corrected chi connectivity index (χ4v) is 7.94. The van der Waals surface area contributed by atoms with Crippen molar-refractivity contribution in [3.63, 3.8) is 0 Å². The topological polar surface area (TPSA) is 51.8 Å². The Morgan fingerprint density at radius 3 is 1.60 bits per heavy atom. The molecule has 0 aliphatic heterocycles. The quantitative estimate of drug-likeness (QED) is 0.175. The Hall–Kier alpha value is -6.69. The van der Waals surface area contributed by atoms with Gasteiger partial charge in [-0.1, -0.05) is 133 Å². The Morgan fingerprint density at radius 1 is 0.404 bits per heavy atom. The summed E-state index contributed by atoms with van der Waals surface area (Å²) in [6.07, 6.45) is 0. The van der Waals surface area contributed by atoms with Crippen molar-refractivity contribution < 1.29 is 4.42 Å². The lowest BCUT2D eigenvalue weighted by Crippen LogP contribution is -1.94. The third-order valence-electron chi connectivity index (χ3n) is 9.54. The Morgan fingerprint density at radius 2 is 0.923 bits per heavy atom. The van der Waals surface area contributed by atoms with Gasteiger partial charge in [-0.15, -0.1) is 11.3 Å². The Kier molecular flexibility index (Phi) is 7.29. The van der Waals surface area contributed by atoms with Crippen molar-refractivity contribution in [2.75, 3.05) is 0 Å². The van der Waals surface area contributed by atoms with Gasteiger partial charge in [0.15, 0.2) is 5.82 Å². The van der Waals surface area contributed by atoms with Gasteiger partial charge in [-0.3, -0.25) is 0 Å². The summed E-state index contributed by atoms with van der Waals surface area (Å²) in [5.74, 6) is 0.629. The molecule has 7 aromatic carbocycles. The highest BCUT2D eigenvalue weighted by molar-refractivity contribution is 7.21. The van der Waals surface area contributed by atoms with E-state index in [1.807, 2.05) is 42.5 Å². The van der Waals surface area contributed by atoms with Crippen molar-refractivity contribution >= 4 is 43.6 Å². The molecule has 0 saturated carbocycles. The molecule has 52 heavy (non-hydrogen) atoms. The summed E-state index contributed by atoms with van der Waals surface area (Å²) in [6.45, 7) is 0. The molecule has 0 radical (unpaired) electrons. The number of fused-ring (bicyclic) bond motifs is 4. The molecule has 0 bridgehead atoms. The van der Waals surface area contributed by atoms with E-state index in [2.05, 4.69) is 133 Å². The van der Waals surface area contributed by atoms with Gasteiger partial charge in [-0.2, -0.15) is 4.98 Å². The molecule has 0 unspecified atom stereocenters. The second-order valence-corrected chi connectivity index (χ2v) is 13.9. The minimum atomic E-state index is 0.586. The lowest BCUT2D eigenvalue weighted by Gasteiger charge is -2.10. The zero-order valence-corrected chi connectivity index (χ0v) is 28.7. The van der Waals surface area contributed by atoms with E-state index >= 15 is 0 Å². The maximum atomic E-state index is 6.29. The normalized spacial score (nSPS) is 11.5. The summed E-state index contributed by atoms with van der Waals surface area (Å²) in [6, 6.07) is 61.3. The third kappa shape index (κ3) is 5.45. The van der Waals surface area contributed by atoms with Crippen molar-refractivity contribution in [2.45, 2.75) is 0 Å². The number of nitrogens with zero attached hydrogens (tertiary/aromatic N) is 3. The molecule has 0 aliphatic rings. The first kappa shape index (κ1) is 30.2. The van der Waals surface area contributed by atoms with Gasteiger partial charge in [0.2, 0.25) is 5.71 Å². The predicted molar refractivity (Wildman–Crippen MR) is 215 cm³/mol. The maximum Gasteiger partial charge on any atom is 0.231 e. The van der Waals surface area contributed by atoms with E-state index in [4.69, 9.17) is 19.4 Å². The van der Waals surface area contributed by atoms with Gasteiger partial charge >= 0.3 is 0 Å². The van der Waals surface area contributed by atoms with E-state index in [0.717, 1.165) is 71.5 Å². The molecule has 0 spiro atoms. The first-order chi connectivity index (χ1) is 25.7. The minimum absolute atomic E-state index is 0.586. The van der Waals surface area contributed by atoms with Gasteiger partial charge in [-0.05, 0) is 75.8 Å². The summed E-state index contributed by atoms with van der Waals surface area (Å²) in [7, 11) is 0. The van der Waals surface area contributed by atoms with Crippen LogP contribution in [0.1, 0.15) is 0 Å². The summed E-state index contributed by atoms with van der Waals surface area (Å²) < 4.78 is 7.49. The molecule has 0 saturated heterocycles. The van der Waals surface area contributed by atoms with Crippen LogP contribution >= 0.6 is 11.3 Å². The fourth-order valence-electron chi connectivity index (χ4n) is 6.98. The van der Waals surface area contributed by atoms with Crippen LogP contribution in [0, 0.1) is 0 Å². The van der Waals surface area contributed by atoms with Crippen LogP contribution < -0.4 is 0 Å². The summed E-state index contributed by atoms with van der Waals surface area (Å²) in [4.78, 5) is 15.0. The van der Waals surface area contributed by atoms with Crippen molar-refractivity contribution in [1.29, 1.82) is 0 Å². The molecule has 3 aromatic heterocycles. The number of rotatable bonds is 6. The molecule has 3 heterocycles. The molecule has 0 N–H and O–H groups in total. The van der Waals surface area contributed by atoms with Gasteiger partial charge in [0, 0.05) is 22.1 Å². The standard InChI is InChI=1S/C47H29N3OS/c1-2-12-30(13-3-1)44-43-39-22-4-6-24-41(39)51-46(43)50-45(49-44)37-20-10-18-35(28-37)33-16-8-14-31(26-33)32-15-9-17-34(27-32)36-19-11-21-38(29-36)47-48-40-23-5-7-25-42(40)52-47/h1-29H. The number of furan rings is 1. The van der Waals surface area contributed by atoms with Crippen molar-refractivity contribution in [3.05, 3.63) is 176 Å². The molecule has 0 amide bonds. The first-order valence-electron chi connectivity index (χ1n) is 17.3. The lowest BCUT2D eigenvalue weighted by molar-refractivity contribution is 0.653. The van der Waals surface area contributed by atoms with E-state index in [9.17, 15) is 0 Å². The van der Waals surface area contributed by atoms with Crippen LogP contribution in [0.5, 0.6) is 0 Å². The predicted octanol–water partition coefficient (Wildman–Crippen LogP) is 13.0. The van der Waals surface area contributed by atoms with Gasteiger partial charge in [-0.25, -0.2) is 9.97 Å². The molecular weight excluding hydrogens is 655 g/mol. The average molecular weight is 684 g/mol. The Labute approximate surface area is 304 Å². The molecule has 10 rings (SSSR count). The number of hydrogen-bond donors (Lipinski definition) is 0. The number of aromatic nitrogens is 3. The summed E-state index contributed by atoms with van der Waals surface area (Å²) in [5.41, 5.74) is 13.2. The van der Waals surface area contributed by atoms with Crippen LogP contribution in [0.4, 0.5) is 0 Å². The van der Waals surface area contributed by atoms with E-state index in [0.29, 0.717) is 11.5 Å². The largest absolute Gasteiger partial charge is 0.438 e. The summed E-state index contributed by atoms with van der Waals surface area (Å²) >= 11 is 1.73. The van der Waals surface area contributed by atoms with Crippen molar-refractivity contribution in [1.82, 2.24) is 15.0 Å².